The molecule has 3 rings (SSSR count). The molecule has 4 heteroatoms. The summed E-state index contributed by atoms with van der Waals surface area (Å²) in [7, 11) is 0. The van der Waals surface area contributed by atoms with E-state index >= 15 is 0 Å². The lowest BCUT2D eigenvalue weighted by atomic mass is 10.2. The van der Waals surface area contributed by atoms with Gasteiger partial charge in [0.05, 0.1) is 17.6 Å². The first kappa shape index (κ1) is 13.5. The Balaban J connectivity index is 1.77. The van der Waals surface area contributed by atoms with E-state index in [0.29, 0.717) is 13.2 Å². The molecule has 0 amide bonds. The molecule has 0 saturated heterocycles. The van der Waals surface area contributed by atoms with Gasteiger partial charge in [0.15, 0.2) is 0 Å². The number of rotatable bonds is 5. The van der Waals surface area contributed by atoms with Crippen molar-refractivity contribution in [2.75, 3.05) is 6.61 Å². The van der Waals surface area contributed by atoms with Crippen molar-refractivity contribution in [3.8, 4) is 11.5 Å². The molecular formula is C17H18N2O2. The van der Waals surface area contributed by atoms with E-state index < -0.39 is 0 Å². The van der Waals surface area contributed by atoms with Gasteiger partial charge in [-0.05, 0) is 37.6 Å². The fraction of sp³-hybridized carbons (Fsp3) is 0.235. The van der Waals surface area contributed by atoms with Gasteiger partial charge in [0, 0.05) is 6.07 Å². The second-order valence-corrected chi connectivity index (χ2v) is 4.85. The van der Waals surface area contributed by atoms with Crippen LogP contribution >= 0.6 is 0 Å². The number of nitrogens with one attached hydrogen (secondary N) is 1. The molecule has 0 aliphatic carbocycles. The van der Waals surface area contributed by atoms with Crippen molar-refractivity contribution < 1.29 is 9.47 Å². The Morgan fingerprint density at radius 1 is 1.10 bits per heavy atom. The summed E-state index contributed by atoms with van der Waals surface area (Å²) in [6.07, 6.45) is 0. The molecule has 0 radical (unpaired) electrons. The third-order valence-corrected chi connectivity index (χ3v) is 3.27. The zero-order valence-electron chi connectivity index (χ0n) is 12.2. The van der Waals surface area contributed by atoms with Crippen LogP contribution in [0, 0.1) is 6.92 Å². The van der Waals surface area contributed by atoms with E-state index in [-0.39, 0.29) is 0 Å². The van der Waals surface area contributed by atoms with Gasteiger partial charge in [-0.2, -0.15) is 0 Å². The Kier molecular flexibility index (Phi) is 3.77. The molecule has 1 N–H and O–H groups in total. The molecule has 0 bridgehead atoms. The number of aromatic nitrogens is 2. The van der Waals surface area contributed by atoms with Crippen molar-refractivity contribution in [3.05, 3.63) is 53.9 Å². The fourth-order valence-electron chi connectivity index (χ4n) is 2.23. The van der Waals surface area contributed by atoms with Crippen molar-refractivity contribution in [1.29, 1.82) is 0 Å². The summed E-state index contributed by atoms with van der Waals surface area (Å²) in [5.74, 6) is 2.54. The predicted molar refractivity (Wildman–Crippen MR) is 82.8 cm³/mol. The van der Waals surface area contributed by atoms with Crippen molar-refractivity contribution in [3.63, 3.8) is 0 Å². The second-order valence-electron chi connectivity index (χ2n) is 4.85. The van der Waals surface area contributed by atoms with Gasteiger partial charge in [0.1, 0.15) is 23.9 Å². The molecule has 0 fully saturated rings. The van der Waals surface area contributed by atoms with E-state index in [4.69, 9.17) is 9.47 Å². The van der Waals surface area contributed by atoms with Gasteiger partial charge in [-0.25, -0.2) is 4.98 Å². The molecule has 1 aromatic heterocycles. The number of imidazole rings is 1. The standard InChI is InChI=1S/C17H18N2O2/c1-3-20-13-8-9-14-15(10-13)19-17(18-14)11-21-16-7-5-4-6-12(16)2/h4-10H,3,11H2,1-2H3,(H,18,19). The Hall–Kier alpha value is -2.49. The molecule has 21 heavy (non-hydrogen) atoms. The van der Waals surface area contributed by atoms with Crippen LogP contribution in [0.25, 0.3) is 11.0 Å². The topological polar surface area (TPSA) is 47.1 Å². The summed E-state index contributed by atoms with van der Waals surface area (Å²) in [5.41, 5.74) is 3.00. The van der Waals surface area contributed by atoms with E-state index in [1.807, 2.05) is 56.3 Å². The van der Waals surface area contributed by atoms with Crippen LogP contribution in [-0.2, 0) is 6.61 Å². The number of para-hydroxylation sites is 1. The van der Waals surface area contributed by atoms with Crippen molar-refractivity contribution >= 4 is 11.0 Å². The first-order valence-corrected chi connectivity index (χ1v) is 7.06. The van der Waals surface area contributed by atoms with Crippen molar-refractivity contribution in [1.82, 2.24) is 9.97 Å². The van der Waals surface area contributed by atoms with E-state index in [0.717, 1.165) is 33.9 Å². The van der Waals surface area contributed by atoms with Gasteiger partial charge in [0.2, 0.25) is 0 Å². The molecule has 3 aromatic rings. The summed E-state index contributed by atoms with van der Waals surface area (Å²) in [4.78, 5) is 7.79. The molecule has 0 saturated carbocycles. The number of benzene rings is 2. The third kappa shape index (κ3) is 2.99. The largest absolute Gasteiger partial charge is 0.494 e. The summed E-state index contributed by atoms with van der Waals surface area (Å²) < 4.78 is 11.3. The zero-order valence-corrected chi connectivity index (χ0v) is 12.2. The average molecular weight is 282 g/mol. The lowest BCUT2D eigenvalue weighted by Crippen LogP contribution is -1.98. The van der Waals surface area contributed by atoms with E-state index in [1.165, 1.54) is 0 Å². The first-order valence-electron chi connectivity index (χ1n) is 7.06. The van der Waals surface area contributed by atoms with Gasteiger partial charge in [-0.15, -0.1) is 0 Å². The second kappa shape index (κ2) is 5.87. The summed E-state index contributed by atoms with van der Waals surface area (Å²) in [6, 6.07) is 13.8. The number of hydrogen-bond donors (Lipinski definition) is 1. The predicted octanol–water partition coefficient (Wildman–Crippen LogP) is 3.85. The fourth-order valence-corrected chi connectivity index (χ4v) is 2.23. The van der Waals surface area contributed by atoms with Crippen LogP contribution in [0.15, 0.2) is 42.5 Å². The molecule has 0 unspecified atom stereocenters. The highest BCUT2D eigenvalue weighted by molar-refractivity contribution is 5.76. The molecular weight excluding hydrogens is 264 g/mol. The van der Waals surface area contributed by atoms with Crippen molar-refractivity contribution in [2.24, 2.45) is 0 Å². The quantitative estimate of drug-likeness (QED) is 0.773. The minimum Gasteiger partial charge on any atom is -0.494 e. The molecule has 4 nitrogen and oxygen atoms in total. The summed E-state index contributed by atoms with van der Waals surface area (Å²) >= 11 is 0. The molecule has 0 atom stereocenters. The SMILES string of the molecule is CCOc1ccc2nc(COc3ccccc3C)[nH]c2c1. The number of hydrogen-bond acceptors (Lipinski definition) is 3. The van der Waals surface area contributed by atoms with E-state index in [2.05, 4.69) is 9.97 Å². The average Bonchev–Trinajstić information content (AvgIpc) is 2.89. The number of nitrogens with zero attached hydrogens (tertiary/aromatic N) is 1. The van der Waals surface area contributed by atoms with Gasteiger partial charge in [0.25, 0.3) is 0 Å². The van der Waals surface area contributed by atoms with Crippen LogP contribution in [0.1, 0.15) is 18.3 Å². The lowest BCUT2D eigenvalue weighted by molar-refractivity contribution is 0.295. The molecule has 0 spiro atoms. The summed E-state index contributed by atoms with van der Waals surface area (Å²) in [5, 5.41) is 0. The Morgan fingerprint density at radius 3 is 2.76 bits per heavy atom. The third-order valence-electron chi connectivity index (χ3n) is 3.27. The minimum absolute atomic E-state index is 0.420. The number of ether oxygens (including phenoxy) is 2. The molecule has 2 aromatic carbocycles. The van der Waals surface area contributed by atoms with Gasteiger partial charge in [-0.3, -0.25) is 0 Å². The van der Waals surface area contributed by atoms with Gasteiger partial charge >= 0.3 is 0 Å². The molecule has 0 aliphatic heterocycles. The number of aryl methyl sites for hydroxylation is 1. The maximum absolute atomic E-state index is 5.81. The van der Waals surface area contributed by atoms with Crippen LogP contribution in [0.2, 0.25) is 0 Å². The Labute approximate surface area is 123 Å². The normalized spacial score (nSPS) is 10.8. The van der Waals surface area contributed by atoms with Crippen LogP contribution in [0.4, 0.5) is 0 Å². The first-order chi connectivity index (χ1) is 10.3. The highest BCUT2D eigenvalue weighted by Gasteiger charge is 2.06. The number of aromatic amines is 1. The van der Waals surface area contributed by atoms with E-state index in [1.54, 1.807) is 0 Å². The maximum atomic E-state index is 5.81. The maximum Gasteiger partial charge on any atom is 0.146 e. The Bertz CT molecular complexity index is 749. The molecule has 1 heterocycles. The zero-order chi connectivity index (χ0) is 14.7. The highest BCUT2D eigenvalue weighted by atomic mass is 16.5. The Morgan fingerprint density at radius 2 is 1.95 bits per heavy atom. The van der Waals surface area contributed by atoms with Crippen LogP contribution in [0.3, 0.4) is 0 Å². The molecule has 0 aliphatic rings. The van der Waals surface area contributed by atoms with Crippen LogP contribution in [0.5, 0.6) is 11.5 Å². The van der Waals surface area contributed by atoms with Crippen LogP contribution < -0.4 is 9.47 Å². The highest BCUT2D eigenvalue weighted by Crippen LogP contribution is 2.21. The van der Waals surface area contributed by atoms with Gasteiger partial charge in [-0.1, -0.05) is 18.2 Å². The van der Waals surface area contributed by atoms with Gasteiger partial charge < -0.3 is 14.5 Å². The van der Waals surface area contributed by atoms with Crippen molar-refractivity contribution in [2.45, 2.75) is 20.5 Å². The van der Waals surface area contributed by atoms with Crippen LogP contribution in [-0.4, -0.2) is 16.6 Å². The summed E-state index contributed by atoms with van der Waals surface area (Å²) in [6.45, 7) is 5.08. The minimum atomic E-state index is 0.420. The number of fused-ring (bicyclic) bond motifs is 1. The smallest absolute Gasteiger partial charge is 0.146 e. The monoisotopic (exact) mass is 282 g/mol. The molecule has 108 valence electrons. The van der Waals surface area contributed by atoms with E-state index in [9.17, 15) is 0 Å². The lowest BCUT2D eigenvalue weighted by Gasteiger charge is -2.06. The number of H-pyrrole nitrogens is 1.